The largest absolute Gasteiger partial charge is 0.468 e. The van der Waals surface area contributed by atoms with Crippen LogP contribution in [0.3, 0.4) is 0 Å². The number of aryl methyl sites for hydroxylation is 1. The van der Waals surface area contributed by atoms with E-state index in [1.165, 1.54) is 7.11 Å². The Morgan fingerprint density at radius 2 is 2.31 bits per heavy atom. The molecular weight excluding hydrogens is 274 g/mol. The van der Waals surface area contributed by atoms with E-state index in [2.05, 4.69) is 36.0 Å². The molecule has 1 rings (SSSR count). The van der Waals surface area contributed by atoms with Crippen molar-refractivity contribution in [3.05, 3.63) is 23.8 Å². The lowest BCUT2D eigenvalue weighted by Gasteiger charge is -2.08. The molecule has 1 aromatic heterocycles. The van der Waals surface area contributed by atoms with Gasteiger partial charge in [-0.15, -0.1) is 0 Å². The van der Waals surface area contributed by atoms with Crippen molar-refractivity contribution < 1.29 is 9.53 Å². The SMILES string of the molecule is COC(=O)C(Br)CNCc1cnc(C)cn1. The minimum Gasteiger partial charge on any atom is -0.468 e. The second-order valence-corrected chi connectivity index (χ2v) is 4.38. The molecule has 0 aliphatic heterocycles. The molecule has 1 heterocycles. The molecular formula is C10H14BrN3O2. The van der Waals surface area contributed by atoms with E-state index in [0.29, 0.717) is 13.1 Å². The Bertz CT molecular complexity index is 342. The fourth-order valence-electron chi connectivity index (χ4n) is 1.05. The summed E-state index contributed by atoms with van der Waals surface area (Å²) in [6.45, 7) is 2.95. The number of methoxy groups -OCH3 is 1. The fraction of sp³-hybridized carbons (Fsp3) is 0.500. The molecule has 1 aromatic rings. The predicted octanol–water partition coefficient (Wildman–Crippen LogP) is 0.811. The van der Waals surface area contributed by atoms with Gasteiger partial charge in [-0.3, -0.25) is 14.8 Å². The van der Waals surface area contributed by atoms with Crippen molar-refractivity contribution in [1.82, 2.24) is 15.3 Å². The summed E-state index contributed by atoms with van der Waals surface area (Å²) in [7, 11) is 1.36. The van der Waals surface area contributed by atoms with Crippen molar-refractivity contribution in [3.63, 3.8) is 0 Å². The van der Waals surface area contributed by atoms with Crippen LogP contribution in [0.2, 0.25) is 0 Å². The highest BCUT2D eigenvalue weighted by Crippen LogP contribution is 2.00. The highest BCUT2D eigenvalue weighted by atomic mass is 79.9. The molecule has 0 saturated carbocycles. The van der Waals surface area contributed by atoms with Crippen LogP contribution in [0.1, 0.15) is 11.4 Å². The fourth-order valence-corrected chi connectivity index (χ4v) is 1.46. The quantitative estimate of drug-likeness (QED) is 0.641. The zero-order valence-electron chi connectivity index (χ0n) is 9.24. The van der Waals surface area contributed by atoms with E-state index in [9.17, 15) is 4.79 Å². The van der Waals surface area contributed by atoms with Crippen LogP contribution < -0.4 is 5.32 Å². The van der Waals surface area contributed by atoms with E-state index in [4.69, 9.17) is 0 Å². The monoisotopic (exact) mass is 287 g/mol. The molecule has 0 aliphatic carbocycles. The Kier molecular flexibility index (Phi) is 5.34. The molecule has 6 heteroatoms. The van der Waals surface area contributed by atoms with Gasteiger partial charge in [-0.2, -0.15) is 0 Å². The lowest BCUT2D eigenvalue weighted by atomic mass is 10.4. The van der Waals surface area contributed by atoms with Gasteiger partial charge in [0, 0.05) is 25.5 Å². The van der Waals surface area contributed by atoms with Gasteiger partial charge in [0.25, 0.3) is 0 Å². The van der Waals surface area contributed by atoms with Crippen LogP contribution in [0.5, 0.6) is 0 Å². The second-order valence-electron chi connectivity index (χ2n) is 3.27. The van der Waals surface area contributed by atoms with Crippen molar-refractivity contribution in [2.24, 2.45) is 0 Å². The van der Waals surface area contributed by atoms with Crippen molar-refractivity contribution in [3.8, 4) is 0 Å². The van der Waals surface area contributed by atoms with Crippen LogP contribution >= 0.6 is 15.9 Å². The minimum absolute atomic E-state index is 0.289. The number of nitrogens with zero attached hydrogens (tertiary/aromatic N) is 2. The molecule has 1 atom stereocenters. The topological polar surface area (TPSA) is 64.1 Å². The number of ether oxygens (including phenoxy) is 1. The predicted molar refractivity (Wildman–Crippen MR) is 63.2 cm³/mol. The number of rotatable bonds is 5. The Morgan fingerprint density at radius 1 is 1.56 bits per heavy atom. The summed E-state index contributed by atoms with van der Waals surface area (Å²) in [6.07, 6.45) is 3.42. The van der Waals surface area contributed by atoms with Gasteiger partial charge in [-0.25, -0.2) is 0 Å². The first-order valence-electron chi connectivity index (χ1n) is 4.83. The maximum Gasteiger partial charge on any atom is 0.320 e. The molecule has 0 amide bonds. The molecule has 0 bridgehead atoms. The van der Waals surface area contributed by atoms with E-state index in [1.807, 2.05) is 6.92 Å². The average Bonchev–Trinajstić information content (AvgIpc) is 2.30. The number of hydrogen-bond donors (Lipinski definition) is 1. The molecule has 1 N–H and O–H groups in total. The van der Waals surface area contributed by atoms with Crippen molar-refractivity contribution in [2.75, 3.05) is 13.7 Å². The Hall–Kier alpha value is -1.01. The molecule has 88 valence electrons. The van der Waals surface area contributed by atoms with Gasteiger partial charge in [0.15, 0.2) is 0 Å². The third-order valence-electron chi connectivity index (χ3n) is 1.92. The molecule has 0 aromatic carbocycles. The lowest BCUT2D eigenvalue weighted by molar-refractivity contribution is -0.139. The van der Waals surface area contributed by atoms with Crippen LogP contribution in [0.25, 0.3) is 0 Å². The number of alkyl halides is 1. The zero-order valence-corrected chi connectivity index (χ0v) is 10.8. The highest BCUT2D eigenvalue weighted by molar-refractivity contribution is 9.10. The maximum absolute atomic E-state index is 11.1. The Morgan fingerprint density at radius 3 is 2.88 bits per heavy atom. The van der Waals surface area contributed by atoms with Gasteiger partial charge < -0.3 is 10.1 Å². The van der Waals surface area contributed by atoms with Gasteiger partial charge >= 0.3 is 5.97 Å². The number of nitrogens with one attached hydrogen (secondary N) is 1. The summed E-state index contributed by atoms with van der Waals surface area (Å²) in [5.41, 5.74) is 1.73. The van der Waals surface area contributed by atoms with E-state index in [1.54, 1.807) is 12.4 Å². The average molecular weight is 288 g/mol. The van der Waals surface area contributed by atoms with Crippen LogP contribution in [-0.2, 0) is 16.1 Å². The van der Waals surface area contributed by atoms with E-state index in [0.717, 1.165) is 11.4 Å². The van der Waals surface area contributed by atoms with E-state index < -0.39 is 0 Å². The summed E-state index contributed by atoms with van der Waals surface area (Å²) in [4.78, 5) is 19.0. The van der Waals surface area contributed by atoms with E-state index in [-0.39, 0.29) is 10.8 Å². The first kappa shape index (κ1) is 13.1. The first-order chi connectivity index (χ1) is 7.63. The molecule has 16 heavy (non-hydrogen) atoms. The molecule has 0 spiro atoms. The van der Waals surface area contributed by atoms with Crippen molar-refractivity contribution in [1.29, 1.82) is 0 Å². The maximum atomic E-state index is 11.1. The van der Waals surface area contributed by atoms with E-state index >= 15 is 0 Å². The highest BCUT2D eigenvalue weighted by Gasteiger charge is 2.13. The van der Waals surface area contributed by atoms with Gasteiger partial charge in [-0.1, -0.05) is 15.9 Å². The standard InChI is InChI=1S/C10H14BrN3O2/c1-7-3-14-8(5-13-7)4-12-6-9(11)10(15)16-2/h3,5,9,12H,4,6H2,1-2H3. The van der Waals surface area contributed by atoms with Crippen molar-refractivity contribution in [2.45, 2.75) is 18.3 Å². The summed E-state index contributed by atoms with van der Waals surface area (Å²) >= 11 is 3.22. The number of carbonyl (C=O) groups is 1. The number of carbonyl (C=O) groups excluding carboxylic acids is 1. The molecule has 0 saturated heterocycles. The molecule has 0 aliphatic rings. The Balaban J connectivity index is 2.30. The van der Waals surface area contributed by atoms with Crippen LogP contribution in [0.15, 0.2) is 12.4 Å². The summed E-state index contributed by atoms with van der Waals surface area (Å²) < 4.78 is 4.58. The van der Waals surface area contributed by atoms with Gasteiger partial charge in [0.05, 0.1) is 18.5 Å². The summed E-state index contributed by atoms with van der Waals surface area (Å²) in [5, 5.41) is 3.09. The number of hydrogen-bond acceptors (Lipinski definition) is 5. The second kappa shape index (κ2) is 6.55. The third-order valence-corrected chi connectivity index (χ3v) is 2.62. The number of esters is 1. The molecule has 0 radical (unpaired) electrons. The first-order valence-corrected chi connectivity index (χ1v) is 5.75. The number of halogens is 1. The molecule has 5 nitrogen and oxygen atoms in total. The van der Waals surface area contributed by atoms with Crippen LogP contribution in [0.4, 0.5) is 0 Å². The minimum atomic E-state index is -0.337. The molecule has 0 fully saturated rings. The van der Waals surface area contributed by atoms with Gasteiger partial charge in [-0.05, 0) is 6.92 Å². The Labute approximate surface area is 103 Å². The summed E-state index contributed by atoms with van der Waals surface area (Å²) in [6, 6.07) is 0. The smallest absolute Gasteiger partial charge is 0.320 e. The van der Waals surface area contributed by atoms with Crippen LogP contribution in [0, 0.1) is 6.92 Å². The normalized spacial score (nSPS) is 12.2. The molecule has 1 unspecified atom stereocenters. The van der Waals surface area contributed by atoms with Crippen molar-refractivity contribution >= 4 is 21.9 Å². The lowest BCUT2D eigenvalue weighted by Crippen LogP contribution is -2.29. The van der Waals surface area contributed by atoms with Gasteiger partial charge in [0.2, 0.25) is 0 Å². The van der Waals surface area contributed by atoms with Gasteiger partial charge in [0.1, 0.15) is 4.83 Å². The zero-order chi connectivity index (χ0) is 12.0. The summed E-state index contributed by atoms with van der Waals surface area (Å²) in [5.74, 6) is -0.289. The van der Waals surface area contributed by atoms with Crippen LogP contribution in [-0.4, -0.2) is 34.4 Å². The number of aromatic nitrogens is 2. The third kappa shape index (κ3) is 4.24.